The number of hydrogen-bond acceptors (Lipinski definition) is 7. The van der Waals surface area contributed by atoms with Gasteiger partial charge in [0, 0.05) is 64.8 Å². The molecule has 0 spiro atoms. The predicted molar refractivity (Wildman–Crippen MR) is 136 cm³/mol. The third-order valence-corrected chi connectivity index (χ3v) is 5.82. The number of amides is 2. The monoisotopic (exact) mass is 496 g/mol. The fourth-order valence-corrected chi connectivity index (χ4v) is 3.51. The van der Waals surface area contributed by atoms with Crippen LogP contribution < -0.4 is 5.32 Å². The number of carbonyl (C=O) groups is 3. The molecule has 2 amide bonds. The van der Waals surface area contributed by atoms with Crippen molar-refractivity contribution < 1.29 is 23.9 Å². The number of aldehydes is 1. The van der Waals surface area contributed by atoms with E-state index in [0.717, 1.165) is 77.4 Å². The summed E-state index contributed by atoms with van der Waals surface area (Å²) in [5.74, 6) is 1.39. The highest BCUT2D eigenvalue weighted by Gasteiger charge is 2.29. The van der Waals surface area contributed by atoms with E-state index in [0.29, 0.717) is 5.92 Å². The summed E-state index contributed by atoms with van der Waals surface area (Å²) in [6.07, 6.45) is 5.74. The smallest absolute Gasteiger partial charge is 0.410 e. The van der Waals surface area contributed by atoms with Crippen molar-refractivity contribution in [2.75, 3.05) is 58.9 Å². The molecule has 0 atom stereocenters. The minimum Gasteiger partial charge on any atom is -0.444 e. The number of nitrogens with one attached hydrogen (secondary N) is 1. The molecule has 9 nitrogen and oxygen atoms in total. The van der Waals surface area contributed by atoms with Gasteiger partial charge in [0.15, 0.2) is 0 Å². The van der Waals surface area contributed by atoms with Gasteiger partial charge < -0.3 is 29.4 Å². The fourth-order valence-electron chi connectivity index (χ4n) is 3.51. The maximum absolute atomic E-state index is 11.8. The lowest BCUT2D eigenvalue weighted by atomic mass is 10.2. The van der Waals surface area contributed by atoms with Gasteiger partial charge in [-0.1, -0.05) is 0 Å². The molecule has 0 bridgehead atoms. The minimum atomic E-state index is -0.387. The maximum Gasteiger partial charge on any atom is 0.410 e. The Balaban J connectivity index is 0.000000211. The van der Waals surface area contributed by atoms with E-state index in [1.807, 2.05) is 46.4 Å². The summed E-state index contributed by atoms with van der Waals surface area (Å²) in [6.45, 7) is 19.4. The van der Waals surface area contributed by atoms with E-state index in [1.54, 1.807) is 4.90 Å². The van der Waals surface area contributed by atoms with Gasteiger partial charge >= 0.3 is 12.2 Å². The van der Waals surface area contributed by atoms with Crippen LogP contribution in [0.1, 0.15) is 67.2 Å². The van der Waals surface area contributed by atoms with Gasteiger partial charge in [-0.25, -0.2) is 9.59 Å². The normalized spacial score (nSPS) is 21.1. The van der Waals surface area contributed by atoms with Crippen molar-refractivity contribution in [2.45, 2.75) is 78.4 Å². The fraction of sp³-hybridized carbons (Fsp3) is 0.885. The third-order valence-electron chi connectivity index (χ3n) is 5.82. The highest BCUT2D eigenvalue weighted by molar-refractivity contribution is 5.68. The average Bonchev–Trinajstić information content (AvgIpc) is 3.68. The number of rotatable bonds is 3. The van der Waals surface area contributed by atoms with Crippen molar-refractivity contribution >= 4 is 18.5 Å². The molecule has 2 aliphatic carbocycles. The van der Waals surface area contributed by atoms with Crippen molar-refractivity contribution in [3.8, 4) is 0 Å². The van der Waals surface area contributed by atoms with Crippen LogP contribution in [0.25, 0.3) is 0 Å². The van der Waals surface area contributed by atoms with E-state index >= 15 is 0 Å². The quantitative estimate of drug-likeness (QED) is 0.599. The largest absolute Gasteiger partial charge is 0.444 e. The van der Waals surface area contributed by atoms with Gasteiger partial charge in [0.25, 0.3) is 0 Å². The van der Waals surface area contributed by atoms with E-state index in [-0.39, 0.29) is 23.4 Å². The molecule has 2 aliphatic heterocycles. The summed E-state index contributed by atoms with van der Waals surface area (Å²) in [4.78, 5) is 38.9. The van der Waals surface area contributed by atoms with Crippen LogP contribution in [0, 0.1) is 11.8 Å². The molecule has 4 aliphatic rings. The highest BCUT2D eigenvalue weighted by Crippen LogP contribution is 2.30. The molecule has 4 rings (SSSR count). The maximum atomic E-state index is 11.8. The van der Waals surface area contributed by atoms with Crippen molar-refractivity contribution in [3.63, 3.8) is 0 Å². The van der Waals surface area contributed by atoms with E-state index < -0.39 is 0 Å². The average molecular weight is 497 g/mol. The van der Waals surface area contributed by atoms with Crippen LogP contribution >= 0.6 is 0 Å². The van der Waals surface area contributed by atoms with Gasteiger partial charge in [-0.2, -0.15) is 0 Å². The molecule has 2 saturated heterocycles. The standard InChI is InChI=1S/C13H24N2O2.C9H18N2O2.C4H6O/c1-13(2,3)17-12(16)15-8-6-14(7-9-15)10-11-4-5-11;1-9(2,3)13-8(12)11-6-4-10-5-7-11;5-3-4-1-2-4/h11H,4-10H2,1-3H3;10H,4-7H2,1-3H3;3-4H,1-2H2. The van der Waals surface area contributed by atoms with Crippen LogP contribution in [0.2, 0.25) is 0 Å². The molecule has 0 unspecified atom stereocenters. The van der Waals surface area contributed by atoms with Crippen LogP contribution in [-0.4, -0.2) is 103 Å². The Morgan fingerprint density at radius 2 is 1.23 bits per heavy atom. The summed E-state index contributed by atoms with van der Waals surface area (Å²) in [6, 6.07) is 0. The first kappa shape index (κ1) is 29.4. The van der Waals surface area contributed by atoms with Crippen LogP contribution in [0.5, 0.6) is 0 Å². The number of piperazine rings is 2. The van der Waals surface area contributed by atoms with E-state index in [1.165, 1.54) is 19.4 Å². The highest BCUT2D eigenvalue weighted by atomic mass is 16.6. The first-order chi connectivity index (χ1) is 16.4. The number of hydrogen-bond donors (Lipinski definition) is 1. The van der Waals surface area contributed by atoms with Gasteiger partial charge in [0.05, 0.1) is 0 Å². The zero-order valence-corrected chi connectivity index (χ0v) is 22.8. The molecule has 0 aromatic rings. The summed E-state index contributed by atoms with van der Waals surface area (Å²) >= 11 is 0. The van der Waals surface area contributed by atoms with E-state index in [2.05, 4.69) is 10.2 Å². The van der Waals surface area contributed by atoms with Gasteiger partial charge in [-0.05, 0) is 73.1 Å². The molecule has 0 aromatic carbocycles. The Bertz CT molecular complexity index is 666. The van der Waals surface area contributed by atoms with Gasteiger partial charge in [0.1, 0.15) is 17.5 Å². The second-order valence-corrected chi connectivity index (χ2v) is 11.9. The Kier molecular flexibility index (Phi) is 11.3. The number of nitrogens with zero attached hydrogens (tertiary/aromatic N) is 3. The SMILES string of the molecule is CC(C)(C)OC(=O)N1CCN(CC2CC2)CC1.CC(C)(C)OC(=O)N1CCNCC1.O=CC1CC1. The lowest BCUT2D eigenvalue weighted by Crippen LogP contribution is -2.50. The van der Waals surface area contributed by atoms with Crippen LogP contribution in [0.4, 0.5) is 9.59 Å². The Morgan fingerprint density at radius 1 is 0.771 bits per heavy atom. The minimum absolute atomic E-state index is 0.163. The Labute approximate surface area is 211 Å². The first-order valence-corrected chi connectivity index (χ1v) is 13.2. The molecule has 202 valence electrons. The van der Waals surface area contributed by atoms with Gasteiger partial charge in [0.2, 0.25) is 0 Å². The lowest BCUT2D eigenvalue weighted by molar-refractivity contribution is -0.108. The van der Waals surface area contributed by atoms with Gasteiger partial charge in [-0.3, -0.25) is 4.90 Å². The molecule has 35 heavy (non-hydrogen) atoms. The summed E-state index contributed by atoms with van der Waals surface area (Å²) in [5, 5.41) is 3.18. The van der Waals surface area contributed by atoms with Crippen LogP contribution in [-0.2, 0) is 14.3 Å². The molecule has 0 radical (unpaired) electrons. The molecule has 0 aromatic heterocycles. The van der Waals surface area contributed by atoms with E-state index in [4.69, 9.17) is 9.47 Å². The molecule has 1 N–H and O–H groups in total. The molecule has 2 heterocycles. The second kappa shape index (κ2) is 13.4. The molecular formula is C26H48N4O5. The topological polar surface area (TPSA) is 91.4 Å². The van der Waals surface area contributed by atoms with Crippen molar-refractivity contribution in [3.05, 3.63) is 0 Å². The van der Waals surface area contributed by atoms with Crippen molar-refractivity contribution in [1.29, 1.82) is 0 Å². The number of ether oxygens (including phenoxy) is 2. The summed E-state index contributed by atoms with van der Waals surface area (Å²) in [7, 11) is 0. The zero-order chi connectivity index (χ0) is 26.1. The zero-order valence-electron chi connectivity index (χ0n) is 22.8. The van der Waals surface area contributed by atoms with Crippen LogP contribution in [0.15, 0.2) is 0 Å². The van der Waals surface area contributed by atoms with Crippen molar-refractivity contribution in [2.24, 2.45) is 11.8 Å². The van der Waals surface area contributed by atoms with Crippen molar-refractivity contribution in [1.82, 2.24) is 20.0 Å². The Morgan fingerprint density at radius 3 is 1.57 bits per heavy atom. The second-order valence-electron chi connectivity index (χ2n) is 11.9. The van der Waals surface area contributed by atoms with E-state index in [9.17, 15) is 14.4 Å². The number of carbonyl (C=O) groups excluding carboxylic acids is 3. The lowest BCUT2D eigenvalue weighted by Gasteiger charge is -2.35. The third kappa shape index (κ3) is 13.7. The summed E-state index contributed by atoms with van der Waals surface area (Å²) < 4.78 is 10.6. The predicted octanol–water partition coefficient (Wildman–Crippen LogP) is 3.37. The summed E-state index contributed by atoms with van der Waals surface area (Å²) in [5.41, 5.74) is -0.774. The molecule has 4 fully saturated rings. The first-order valence-electron chi connectivity index (χ1n) is 13.2. The molecule has 2 saturated carbocycles. The van der Waals surface area contributed by atoms with Crippen LogP contribution in [0.3, 0.4) is 0 Å². The molecule has 9 heteroatoms. The van der Waals surface area contributed by atoms with Gasteiger partial charge in [-0.15, -0.1) is 0 Å². The molecular weight excluding hydrogens is 448 g/mol. The Hall–Kier alpha value is -1.87.